The van der Waals surface area contributed by atoms with Gasteiger partial charge in [0.25, 0.3) is 11.7 Å². The summed E-state index contributed by atoms with van der Waals surface area (Å²) in [6.07, 6.45) is 3.78. The smallest absolute Gasteiger partial charge is 0.295 e. The van der Waals surface area contributed by atoms with Gasteiger partial charge in [-0.15, -0.1) is 11.6 Å². The van der Waals surface area contributed by atoms with Gasteiger partial charge in [0.2, 0.25) is 0 Å². The average Bonchev–Trinajstić information content (AvgIpc) is 3.56. The van der Waals surface area contributed by atoms with Crippen molar-refractivity contribution in [1.29, 1.82) is 0 Å². The summed E-state index contributed by atoms with van der Waals surface area (Å²) in [7, 11) is 1.47. The van der Waals surface area contributed by atoms with Crippen molar-refractivity contribution in [3.05, 3.63) is 66.0 Å². The number of hydrogen-bond acceptors (Lipinski definition) is 8. The number of carbonyl (C=O) groups is 2. The van der Waals surface area contributed by atoms with Crippen molar-refractivity contribution < 1.29 is 19.4 Å². The number of hydrogen-bond donors (Lipinski definition) is 1. The number of carbonyl (C=O) groups excluding carboxylic acids is 2. The van der Waals surface area contributed by atoms with Gasteiger partial charge in [-0.25, -0.2) is 14.6 Å². The number of ether oxygens (including phenoxy) is 1. The van der Waals surface area contributed by atoms with E-state index in [0.29, 0.717) is 54.5 Å². The van der Waals surface area contributed by atoms with Crippen molar-refractivity contribution >= 4 is 34.2 Å². The first-order chi connectivity index (χ1) is 17.9. The molecule has 1 aliphatic rings. The van der Waals surface area contributed by atoms with E-state index in [0.717, 1.165) is 5.56 Å². The molecule has 37 heavy (non-hydrogen) atoms. The number of halogens is 1. The van der Waals surface area contributed by atoms with Gasteiger partial charge in [-0.1, -0.05) is 30.3 Å². The lowest BCUT2D eigenvalue weighted by Crippen LogP contribution is -2.51. The Morgan fingerprint density at radius 3 is 2.49 bits per heavy atom. The number of fused-ring (bicyclic) bond motifs is 1. The van der Waals surface area contributed by atoms with Gasteiger partial charge in [0.1, 0.15) is 24.1 Å². The number of methoxy groups -OCH3 is 1. The zero-order chi connectivity index (χ0) is 26.1. The SMILES string of the molecule is COc1cnc(-n2cnc(C)n2)c2c1c(C(=O)C(=O)N1CCN(C(O)c3ccccc3)CC1)cn2CCl. The van der Waals surface area contributed by atoms with Gasteiger partial charge in [-0.05, 0) is 12.5 Å². The van der Waals surface area contributed by atoms with Crippen LogP contribution in [-0.4, -0.2) is 84.2 Å². The lowest BCUT2D eigenvalue weighted by molar-refractivity contribution is -0.130. The second kappa shape index (κ2) is 10.3. The van der Waals surface area contributed by atoms with Crippen LogP contribution < -0.4 is 4.74 Å². The summed E-state index contributed by atoms with van der Waals surface area (Å²) in [4.78, 5) is 38.8. The van der Waals surface area contributed by atoms with E-state index in [4.69, 9.17) is 16.3 Å². The number of aliphatic hydroxyl groups is 1. The summed E-state index contributed by atoms with van der Waals surface area (Å²) in [6, 6.07) is 9.36. The zero-order valence-corrected chi connectivity index (χ0v) is 21.2. The first-order valence-corrected chi connectivity index (χ1v) is 12.3. The molecule has 1 aromatic carbocycles. The van der Waals surface area contributed by atoms with Crippen molar-refractivity contribution in [2.45, 2.75) is 19.2 Å². The van der Waals surface area contributed by atoms with Crippen LogP contribution in [0.4, 0.5) is 0 Å². The number of ketones is 1. The monoisotopic (exact) mass is 523 g/mol. The van der Waals surface area contributed by atoms with E-state index in [-0.39, 0.29) is 11.6 Å². The maximum absolute atomic E-state index is 13.5. The van der Waals surface area contributed by atoms with Gasteiger partial charge in [0.05, 0.1) is 35.8 Å². The van der Waals surface area contributed by atoms with Crippen LogP contribution in [0.15, 0.2) is 49.1 Å². The fourth-order valence-electron chi connectivity index (χ4n) is 4.59. The molecule has 0 spiro atoms. The molecule has 5 rings (SSSR count). The molecule has 4 heterocycles. The molecular weight excluding hydrogens is 498 g/mol. The molecule has 192 valence electrons. The lowest BCUT2D eigenvalue weighted by Gasteiger charge is -2.37. The van der Waals surface area contributed by atoms with E-state index in [9.17, 15) is 14.7 Å². The number of benzene rings is 1. The number of aromatic nitrogens is 5. The quantitative estimate of drug-likeness (QED) is 0.222. The number of nitrogens with zero attached hydrogens (tertiary/aromatic N) is 7. The lowest BCUT2D eigenvalue weighted by atomic mass is 10.1. The molecule has 1 N–H and O–H groups in total. The number of aliphatic hydroxyl groups excluding tert-OH is 1. The summed E-state index contributed by atoms with van der Waals surface area (Å²) in [5, 5.41) is 15.5. The maximum atomic E-state index is 13.5. The van der Waals surface area contributed by atoms with Crippen LogP contribution in [0.3, 0.4) is 0 Å². The zero-order valence-electron chi connectivity index (χ0n) is 20.4. The van der Waals surface area contributed by atoms with Gasteiger partial charge >= 0.3 is 0 Å². The highest BCUT2D eigenvalue weighted by Crippen LogP contribution is 2.34. The Hall–Kier alpha value is -3.80. The summed E-state index contributed by atoms with van der Waals surface area (Å²) in [5.41, 5.74) is 1.46. The molecule has 1 unspecified atom stereocenters. The Morgan fingerprint density at radius 2 is 1.86 bits per heavy atom. The Balaban J connectivity index is 1.42. The molecule has 1 fully saturated rings. The average molecular weight is 524 g/mol. The number of amides is 1. The van der Waals surface area contributed by atoms with Gasteiger partial charge in [-0.2, -0.15) is 5.10 Å². The molecule has 11 nitrogen and oxygen atoms in total. The van der Waals surface area contributed by atoms with Crippen LogP contribution in [0.25, 0.3) is 16.7 Å². The van der Waals surface area contributed by atoms with Crippen molar-refractivity contribution in [2.75, 3.05) is 33.3 Å². The molecule has 0 bridgehead atoms. The normalized spacial score (nSPS) is 15.2. The number of pyridine rings is 1. The number of alkyl halides is 1. The standard InChI is InChI=1S/C25H26ClN7O4/c1-16-28-15-33(29-16)23-21-20(19(37-2)12-27-23)18(13-32(21)14-26)22(34)25(36)31-10-8-30(9-11-31)24(35)17-6-4-3-5-7-17/h3-7,12-13,15,24,35H,8-11,14H2,1-2H3. The number of Topliss-reactive ketones (excluding diaryl/α,β-unsaturated/α-hetero) is 1. The fraction of sp³-hybridized carbons (Fsp3) is 0.320. The molecule has 1 amide bonds. The first-order valence-electron chi connectivity index (χ1n) is 11.7. The van der Waals surface area contributed by atoms with Crippen LogP contribution in [0.5, 0.6) is 5.75 Å². The van der Waals surface area contributed by atoms with Crippen LogP contribution >= 0.6 is 11.6 Å². The summed E-state index contributed by atoms with van der Waals surface area (Å²) >= 11 is 6.22. The fourth-order valence-corrected chi connectivity index (χ4v) is 4.78. The van der Waals surface area contributed by atoms with Gasteiger partial charge < -0.3 is 19.3 Å². The molecule has 0 saturated carbocycles. The number of aryl methyl sites for hydroxylation is 1. The van der Waals surface area contributed by atoms with E-state index in [1.54, 1.807) is 17.7 Å². The minimum atomic E-state index is -0.772. The summed E-state index contributed by atoms with van der Waals surface area (Å²) < 4.78 is 8.63. The van der Waals surface area contributed by atoms with Crippen LogP contribution in [0, 0.1) is 6.92 Å². The first kappa shape index (κ1) is 24.9. The highest BCUT2D eigenvalue weighted by Gasteiger charge is 2.32. The molecule has 12 heteroatoms. The highest BCUT2D eigenvalue weighted by atomic mass is 35.5. The van der Waals surface area contributed by atoms with E-state index in [1.807, 2.05) is 35.2 Å². The van der Waals surface area contributed by atoms with E-state index >= 15 is 0 Å². The van der Waals surface area contributed by atoms with E-state index in [1.165, 1.54) is 29.2 Å². The largest absolute Gasteiger partial charge is 0.494 e. The third-order valence-corrected chi connectivity index (χ3v) is 6.75. The predicted molar refractivity (Wildman–Crippen MR) is 136 cm³/mol. The molecular formula is C25H26ClN7O4. The van der Waals surface area contributed by atoms with Crippen molar-refractivity contribution in [1.82, 2.24) is 34.1 Å². The molecule has 0 radical (unpaired) electrons. The van der Waals surface area contributed by atoms with Crippen LogP contribution in [0.2, 0.25) is 0 Å². The third-order valence-electron chi connectivity index (χ3n) is 6.50. The Bertz CT molecular complexity index is 1440. The van der Waals surface area contributed by atoms with Gasteiger partial charge in [0.15, 0.2) is 5.82 Å². The summed E-state index contributed by atoms with van der Waals surface area (Å²) in [6.45, 7) is 3.24. The Kier molecular flexibility index (Phi) is 6.92. The Labute approximate surface area is 217 Å². The second-order valence-electron chi connectivity index (χ2n) is 8.68. The summed E-state index contributed by atoms with van der Waals surface area (Å²) in [5.74, 6) is 0.00635. The number of piperazine rings is 1. The minimum Gasteiger partial charge on any atom is -0.494 e. The van der Waals surface area contributed by atoms with Gasteiger partial charge in [0, 0.05) is 32.4 Å². The minimum absolute atomic E-state index is 0.0174. The van der Waals surface area contributed by atoms with E-state index < -0.39 is 17.9 Å². The van der Waals surface area contributed by atoms with Crippen molar-refractivity contribution in [2.24, 2.45) is 0 Å². The van der Waals surface area contributed by atoms with Crippen molar-refractivity contribution in [3.8, 4) is 11.6 Å². The molecule has 3 aromatic heterocycles. The van der Waals surface area contributed by atoms with Crippen LogP contribution in [-0.2, 0) is 10.8 Å². The van der Waals surface area contributed by atoms with E-state index in [2.05, 4.69) is 15.1 Å². The molecule has 1 aliphatic heterocycles. The molecule has 1 saturated heterocycles. The predicted octanol–water partition coefficient (Wildman–Crippen LogP) is 2.15. The number of rotatable bonds is 7. The Morgan fingerprint density at radius 1 is 1.14 bits per heavy atom. The maximum Gasteiger partial charge on any atom is 0.295 e. The topological polar surface area (TPSA) is 119 Å². The molecule has 1 atom stereocenters. The highest BCUT2D eigenvalue weighted by molar-refractivity contribution is 6.45. The second-order valence-corrected chi connectivity index (χ2v) is 8.92. The molecule has 0 aliphatic carbocycles. The van der Waals surface area contributed by atoms with Crippen LogP contribution in [0.1, 0.15) is 28.0 Å². The van der Waals surface area contributed by atoms with Crippen molar-refractivity contribution in [3.63, 3.8) is 0 Å². The molecule has 4 aromatic rings. The third kappa shape index (κ3) is 4.57. The van der Waals surface area contributed by atoms with Gasteiger partial charge in [-0.3, -0.25) is 14.5 Å².